The maximum absolute atomic E-state index is 13.1. The van der Waals surface area contributed by atoms with Gasteiger partial charge in [-0.25, -0.2) is 18.4 Å². The molecule has 0 unspecified atom stereocenters. The summed E-state index contributed by atoms with van der Waals surface area (Å²) in [4.78, 5) is 9.02. The van der Waals surface area contributed by atoms with E-state index in [-0.39, 0.29) is 0 Å². The van der Waals surface area contributed by atoms with Gasteiger partial charge in [-0.1, -0.05) is 26.0 Å². The van der Waals surface area contributed by atoms with Gasteiger partial charge in [0, 0.05) is 37.2 Å². The second kappa shape index (κ2) is 6.48. The molecule has 1 aliphatic heterocycles. The molecule has 2 aromatic heterocycles. The predicted octanol–water partition coefficient (Wildman–Crippen LogP) is 3.06. The first-order chi connectivity index (χ1) is 12.4. The van der Waals surface area contributed by atoms with Crippen LogP contribution in [-0.2, 0) is 10.0 Å². The molecule has 0 bridgehead atoms. The molecule has 4 rings (SSSR count). The average molecular weight is 370 g/mol. The van der Waals surface area contributed by atoms with Crippen LogP contribution in [0.2, 0.25) is 0 Å². The highest BCUT2D eigenvalue weighted by Gasteiger charge is 2.31. The average Bonchev–Trinajstić information content (AvgIpc) is 3.05. The first-order valence-electron chi connectivity index (χ1n) is 8.84. The zero-order valence-electron chi connectivity index (χ0n) is 14.9. The molecule has 1 aliphatic rings. The molecule has 0 radical (unpaired) electrons. The fourth-order valence-electron chi connectivity index (χ4n) is 3.74. The van der Waals surface area contributed by atoms with Crippen LogP contribution in [0.25, 0.3) is 17.0 Å². The van der Waals surface area contributed by atoms with Crippen LogP contribution in [0.1, 0.15) is 20.3 Å². The van der Waals surface area contributed by atoms with Gasteiger partial charge in [0.1, 0.15) is 0 Å². The maximum atomic E-state index is 13.1. The number of fused-ring (bicyclic) bond motifs is 1. The fourth-order valence-corrected chi connectivity index (χ4v) is 5.46. The van der Waals surface area contributed by atoms with Crippen LogP contribution in [0, 0.1) is 11.8 Å². The van der Waals surface area contributed by atoms with Crippen molar-refractivity contribution < 1.29 is 8.42 Å². The van der Waals surface area contributed by atoms with E-state index in [4.69, 9.17) is 0 Å². The monoisotopic (exact) mass is 370 g/mol. The summed E-state index contributed by atoms with van der Waals surface area (Å²) in [6, 6.07) is 8.86. The molecule has 0 aliphatic carbocycles. The van der Waals surface area contributed by atoms with Crippen LogP contribution in [0.15, 0.2) is 53.8 Å². The van der Waals surface area contributed by atoms with Crippen molar-refractivity contribution in [1.29, 1.82) is 0 Å². The van der Waals surface area contributed by atoms with E-state index in [0.717, 1.165) is 12.0 Å². The van der Waals surface area contributed by atoms with E-state index in [2.05, 4.69) is 23.8 Å². The van der Waals surface area contributed by atoms with E-state index in [1.807, 2.05) is 28.9 Å². The van der Waals surface area contributed by atoms with Crippen molar-refractivity contribution in [1.82, 2.24) is 18.7 Å². The van der Waals surface area contributed by atoms with Crippen LogP contribution in [0.3, 0.4) is 0 Å². The molecule has 3 heterocycles. The number of rotatable bonds is 3. The lowest BCUT2D eigenvalue weighted by atomic mass is 9.94. The lowest BCUT2D eigenvalue weighted by Crippen LogP contribution is -2.42. The van der Waals surface area contributed by atoms with E-state index in [1.54, 1.807) is 28.7 Å². The molecule has 2 atom stereocenters. The van der Waals surface area contributed by atoms with E-state index in [1.165, 1.54) is 0 Å². The minimum atomic E-state index is -3.51. The van der Waals surface area contributed by atoms with Crippen molar-refractivity contribution in [3.63, 3.8) is 0 Å². The minimum Gasteiger partial charge on any atom is -0.291 e. The minimum absolute atomic E-state index is 0.321. The summed E-state index contributed by atoms with van der Waals surface area (Å²) in [5.74, 6) is 1.34. The summed E-state index contributed by atoms with van der Waals surface area (Å²) in [5, 5.41) is 0. The number of imidazole rings is 1. The Labute approximate surface area is 153 Å². The summed E-state index contributed by atoms with van der Waals surface area (Å²) in [7, 11) is -3.51. The molecule has 1 fully saturated rings. The molecular weight excluding hydrogens is 348 g/mol. The topological polar surface area (TPSA) is 67.6 Å². The lowest BCUT2D eigenvalue weighted by molar-refractivity contribution is 0.222. The Kier molecular flexibility index (Phi) is 4.28. The van der Waals surface area contributed by atoms with Gasteiger partial charge in [-0.05, 0) is 36.5 Å². The number of hydrogen-bond acceptors (Lipinski definition) is 4. The summed E-state index contributed by atoms with van der Waals surface area (Å²) in [6.07, 6.45) is 6.49. The second-order valence-electron chi connectivity index (χ2n) is 7.25. The van der Waals surface area contributed by atoms with Gasteiger partial charge < -0.3 is 0 Å². The molecule has 1 saturated heterocycles. The van der Waals surface area contributed by atoms with E-state index < -0.39 is 10.0 Å². The fraction of sp³-hybridized carbons (Fsp3) is 0.368. The van der Waals surface area contributed by atoms with Crippen molar-refractivity contribution in [2.45, 2.75) is 25.2 Å². The number of sulfonamides is 1. The number of nitrogens with zero attached hydrogens (tertiary/aromatic N) is 4. The number of hydrogen-bond donors (Lipinski definition) is 0. The van der Waals surface area contributed by atoms with Gasteiger partial charge >= 0.3 is 0 Å². The van der Waals surface area contributed by atoms with Gasteiger partial charge in [0.05, 0.1) is 10.6 Å². The summed E-state index contributed by atoms with van der Waals surface area (Å²) in [5.41, 5.74) is 1.48. The maximum Gasteiger partial charge on any atom is 0.243 e. The first-order valence-corrected chi connectivity index (χ1v) is 10.3. The third-order valence-corrected chi connectivity index (χ3v) is 6.67. The van der Waals surface area contributed by atoms with E-state index in [0.29, 0.717) is 41.3 Å². The van der Waals surface area contributed by atoms with E-state index in [9.17, 15) is 8.42 Å². The number of benzene rings is 1. The van der Waals surface area contributed by atoms with Crippen molar-refractivity contribution in [2.24, 2.45) is 11.8 Å². The first kappa shape index (κ1) is 17.2. The van der Waals surface area contributed by atoms with Gasteiger partial charge in [0.2, 0.25) is 15.8 Å². The summed E-state index contributed by atoms with van der Waals surface area (Å²) >= 11 is 0. The second-order valence-corrected chi connectivity index (χ2v) is 9.19. The highest BCUT2D eigenvalue weighted by molar-refractivity contribution is 7.89. The predicted molar refractivity (Wildman–Crippen MR) is 100 cm³/mol. The Morgan fingerprint density at radius 1 is 1.12 bits per heavy atom. The molecule has 3 aromatic rings. The molecule has 0 spiro atoms. The Morgan fingerprint density at radius 2 is 1.88 bits per heavy atom. The van der Waals surface area contributed by atoms with Crippen LogP contribution in [0.5, 0.6) is 0 Å². The van der Waals surface area contributed by atoms with Crippen LogP contribution in [-0.4, -0.2) is 40.2 Å². The summed E-state index contributed by atoms with van der Waals surface area (Å²) < 4.78 is 29.7. The molecule has 0 saturated carbocycles. The third kappa shape index (κ3) is 3.12. The molecule has 6 nitrogen and oxygen atoms in total. The molecular formula is C19H22N4O2S. The molecule has 26 heavy (non-hydrogen) atoms. The lowest BCUT2D eigenvalue weighted by Gasteiger charge is -2.34. The Hall–Kier alpha value is -2.25. The van der Waals surface area contributed by atoms with Crippen LogP contribution >= 0.6 is 0 Å². The molecule has 0 N–H and O–H groups in total. The zero-order valence-corrected chi connectivity index (χ0v) is 15.7. The standard InChI is InChI=1S/C19H22N4O2S/c1-14-9-15(2)12-23(11-14)26(24,25)17-6-3-5-16(10-17)18-13-22-8-4-7-20-19(22)21-18/h3-8,10,13-15H,9,11-12H2,1-2H3/t14-,15+. The van der Waals surface area contributed by atoms with Gasteiger partial charge in [0.25, 0.3) is 0 Å². The van der Waals surface area contributed by atoms with Crippen LogP contribution in [0.4, 0.5) is 0 Å². The molecule has 1 aromatic carbocycles. The van der Waals surface area contributed by atoms with E-state index >= 15 is 0 Å². The zero-order chi connectivity index (χ0) is 18.3. The van der Waals surface area contributed by atoms with Gasteiger partial charge in [0.15, 0.2) is 0 Å². The normalized spacial score (nSPS) is 21.9. The largest absolute Gasteiger partial charge is 0.291 e. The highest BCUT2D eigenvalue weighted by atomic mass is 32.2. The number of piperidine rings is 1. The Morgan fingerprint density at radius 3 is 2.62 bits per heavy atom. The van der Waals surface area contributed by atoms with Crippen molar-refractivity contribution in [3.8, 4) is 11.3 Å². The van der Waals surface area contributed by atoms with Crippen molar-refractivity contribution in [3.05, 3.63) is 48.9 Å². The van der Waals surface area contributed by atoms with Crippen LogP contribution < -0.4 is 0 Å². The van der Waals surface area contributed by atoms with Crippen molar-refractivity contribution >= 4 is 15.8 Å². The molecule has 7 heteroatoms. The quantitative estimate of drug-likeness (QED) is 0.711. The highest BCUT2D eigenvalue weighted by Crippen LogP contribution is 2.28. The van der Waals surface area contributed by atoms with Gasteiger partial charge in [-0.15, -0.1) is 0 Å². The number of aromatic nitrogens is 3. The molecule has 136 valence electrons. The Bertz CT molecular complexity index is 1000. The van der Waals surface area contributed by atoms with Gasteiger partial charge in [-0.3, -0.25) is 4.40 Å². The SMILES string of the molecule is C[C@@H]1C[C@H](C)CN(S(=O)(=O)c2cccc(-c3cn4cccnc4n3)c2)C1. The van der Waals surface area contributed by atoms with Gasteiger partial charge in [-0.2, -0.15) is 4.31 Å². The third-order valence-electron chi connectivity index (χ3n) is 4.84. The smallest absolute Gasteiger partial charge is 0.243 e. The van der Waals surface area contributed by atoms with Crippen molar-refractivity contribution in [2.75, 3.05) is 13.1 Å². The summed E-state index contributed by atoms with van der Waals surface area (Å²) in [6.45, 7) is 5.38. The molecule has 0 amide bonds. The Balaban J connectivity index is 1.70.